The van der Waals surface area contributed by atoms with E-state index in [9.17, 15) is 0 Å². The summed E-state index contributed by atoms with van der Waals surface area (Å²) in [7, 11) is 0. The van der Waals surface area contributed by atoms with Crippen molar-refractivity contribution in [1.29, 1.82) is 0 Å². The normalized spacial score (nSPS) is 11.7. The number of fused-ring (bicyclic) bond motifs is 8. The van der Waals surface area contributed by atoms with Crippen molar-refractivity contribution in [3.8, 4) is 11.1 Å². The lowest BCUT2D eigenvalue weighted by Crippen LogP contribution is -1.94. The first-order valence-corrected chi connectivity index (χ1v) is 9.04. The molecule has 0 unspecified atom stereocenters. The molecule has 6 rings (SSSR count). The van der Waals surface area contributed by atoms with Gasteiger partial charge in [0, 0.05) is 17.0 Å². The fourth-order valence-electron chi connectivity index (χ4n) is 4.07. The lowest BCUT2D eigenvalue weighted by atomic mass is 9.98. The molecule has 0 aliphatic heterocycles. The number of para-hydroxylation sites is 2. The van der Waals surface area contributed by atoms with Gasteiger partial charge in [-0.25, -0.2) is 4.98 Å². The molecule has 0 bridgehead atoms. The predicted molar refractivity (Wildman–Crippen MR) is 111 cm³/mol. The van der Waals surface area contributed by atoms with Gasteiger partial charge in [-0.2, -0.15) is 0 Å². The number of imidazole rings is 1. The second-order valence-corrected chi connectivity index (χ2v) is 6.72. The highest BCUT2D eigenvalue weighted by Crippen LogP contribution is 2.36. The second-order valence-electron chi connectivity index (χ2n) is 6.72. The Morgan fingerprint density at radius 3 is 2.41 bits per heavy atom. The molecule has 3 heteroatoms. The largest absolute Gasteiger partial charge is 0.292 e. The van der Waals surface area contributed by atoms with Crippen LogP contribution >= 0.6 is 0 Å². The van der Waals surface area contributed by atoms with Crippen LogP contribution in [0.3, 0.4) is 0 Å². The Morgan fingerprint density at radius 2 is 1.48 bits per heavy atom. The van der Waals surface area contributed by atoms with E-state index in [0.29, 0.717) is 0 Å². The van der Waals surface area contributed by atoms with Gasteiger partial charge in [0.15, 0.2) is 0 Å². The molecule has 0 atom stereocenters. The van der Waals surface area contributed by atoms with Crippen molar-refractivity contribution in [1.82, 2.24) is 14.4 Å². The summed E-state index contributed by atoms with van der Waals surface area (Å²) in [5.74, 6) is 0. The molecule has 0 saturated heterocycles. The SMILES string of the molecule is c1ccc(-c2cccc3c2c2ncccc2c2nc4ccccc4n32)cc1. The van der Waals surface area contributed by atoms with Gasteiger partial charge in [0.2, 0.25) is 0 Å². The molecule has 0 aliphatic rings. The van der Waals surface area contributed by atoms with Crippen LogP contribution in [0.15, 0.2) is 91.1 Å². The van der Waals surface area contributed by atoms with E-state index in [0.717, 1.165) is 38.5 Å². The summed E-state index contributed by atoms with van der Waals surface area (Å²) in [5, 5.41) is 2.24. The molecular formula is C24H15N3. The first-order chi connectivity index (χ1) is 13.4. The Kier molecular flexibility index (Phi) is 2.88. The van der Waals surface area contributed by atoms with E-state index in [1.54, 1.807) is 0 Å². The molecule has 0 radical (unpaired) electrons. The summed E-state index contributed by atoms with van der Waals surface area (Å²) in [4.78, 5) is 9.68. The highest BCUT2D eigenvalue weighted by atomic mass is 15.0. The molecule has 3 nitrogen and oxygen atoms in total. The van der Waals surface area contributed by atoms with Gasteiger partial charge in [0.1, 0.15) is 5.65 Å². The Hall–Kier alpha value is -3.72. The minimum atomic E-state index is 0.956. The summed E-state index contributed by atoms with van der Waals surface area (Å²) in [6.07, 6.45) is 1.86. The molecule has 6 aromatic rings. The van der Waals surface area contributed by atoms with Gasteiger partial charge in [-0.3, -0.25) is 9.38 Å². The Morgan fingerprint density at radius 1 is 0.667 bits per heavy atom. The molecule has 3 aromatic carbocycles. The van der Waals surface area contributed by atoms with Crippen molar-refractivity contribution in [2.75, 3.05) is 0 Å². The molecule has 0 N–H and O–H groups in total. The lowest BCUT2D eigenvalue weighted by Gasteiger charge is -2.12. The third-order valence-electron chi connectivity index (χ3n) is 5.21. The maximum Gasteiger partial charge on any atom is 0.147 e. The van der Waals surface area contributed by atoms with Gasteiger partial charge in [0.25, 0.3) is 0 Å². The zero-order valence-corrected chi connectivity index (χ0v) is 14.5. The zero-order valence-electron chi connectivity index (χ0n) is 14.5. The Balaban J connectivity index is 1.95. The second kappa shape index (κ2) is 5.39. The average molecular weight is 345 g/mol. The third kappa shape index (κ3) is 1.97. The van der Waals surface area contributed by atoms with Gasteiger partial charge in [-0.1, -0.05) is 54.6 Å². The minimum absolute atomic E-state index is 0.956. The molecule has 0 aliphatic carbocycles. The molecule has 3 heterocycles. The molecular weight excluding hydrogens is 330 g/mol. The van der Waals surface area contributed by atoms with Gasteiger partial charge in [0.05, 0.1) is 22.1 Å². The van der Waals surface area contributed by atoms with Crippen LogP contribution < -0.4 is 0 Å². The van der Waals surface area contributed by atoms with Crippen molar-refractivity contribution >= 4 is 38.5 Å². The summed E-state index contributed by atoms with van der Waals surface area (Å²) >= 11 is 0. The summed E-state index contributed by atoms with van der Waals surface area (Å²) in [5.41, 5.74) is 7.59. The number of rotatable bonds is 1. The number of benzene rings is 3. The third-order valence-corrected chi connectivity index (χ3v) is 5.21. The van der Waals surface area contributed by atoms with E-state index in [1.807, 2.05) is 24.4 Å². The van der Waals surface area contributed by atoms with Gasteiger partial charge < -0.3 is 0 Å². The van der Waals surface area contributed by atoms with Crippen LogP contribution in [0.2, 0.25) is 0 Å². The van der Waals surface area contributed by atoms with E-state index in [-0.39, 0.29) is 0 Å². The van der Waals surface area contributed by atoms with Crippen LogP contribution in [-0.4, -0.2) is 14.4 Å². The van der Waals surface area contributed by atoms with Crippen LogP contribution in [0.4, 0.5) is 0 Å². The quantitative estimate of drug-likeness (QED) is 0.350. The number of hydrogen-bond donors (Lipinski definition) is 0. The van der Waals surface area contributed by atoms with E-state index in [1.165, 1.54) is 11.1 Å². The Bertz CT molecular complexity index is 1460. The van der Waals surface area contributed by atoms with E-state index < -0.39 is 0 Å². The summed E-state index contributed by atoms with van der Waals surface area (Å²) in [6, 6.07) is 29.4. The van der Waals surface area contributed by atoms with Crippen molar-refractivity contribution in [3.63, 3.8) is 0 Å². The molecule has 0 spiro atoms. The number of pyridine rings is 2. The number of aromatic nitrogens is 3. The van der Waals surface area contributed by atoms with Crippen LogP contribution in [-0.2, 0) is 0 Å². The first-order valence-electron chi connectivity index (χ1n) is 9.04. The van der Waals surface area contributed by atoms with Crippen molar-refractivity contribution in [3.05, 3.63) is 91.1 Å². The number of nitrogens with zero attached hydrogens (tertiary/aromatic N) is 3. The van der Waals surface area contributed by atoms with Crippen LogP contribution in [0.1, 0.15) is 0 Å². The van der Waals surface area contributed by atoms with E-state index in [4.69, 9.17) is 9.97 Å². The molecule has 27 heavy (non-hydrogen) atoms. The standard InChI is InChI=1S/C24H15N3/c1-2-8-16(9-3-1)17-10-6-14-21-22(17)23-18(11-7-15-25-23)24-26-19-12-4-5-13-20(19)27(21)24/h1-15H. The van der Waals surface area contributed by atoms with Gasteiger partial charge in [-0.05, 0) is 41.5 Å². The smallest absolute Gasteiger partial charge is 0.147 e. The highest BCUT2D eigenvalue weighted by Gasteiger charge is 2.16. The first kappa shape index (κ1) is 14.4. The Labute approximate surface area is 155 Å². The zero-order chi connectivity index (χ0) is 17.8. The maximum absolute atomic E-state index is 4.92. The minimum Gasteiger partial charge on any atom is -0.292 e. The van der Waals surface area contributed by atoms with Crippen LogP contribution in [0.25, 0.3) is 49.6 Å². The molecule has 3 aromatic heterocycles. The van der Waals surface area contributed by atoms with Crippen molar-refractivity contribution < 1.29 is 0 Å². The molecule has 126 valence electrons. The molecule has 0 saturated carbocycles. The van der Waals surface area contributed by atoms with Crippen molar-refractivity contribution in [2.45, 2.75) is 0 Å². The highest BCUT2D eigenvalue weighted by molar-refractivity contribution is 6.16. The topological polar surface area (TPSA) is 30.2 Å². The van der Waals surface area contributed by atoms with Gasteiger partial charge in [-0.15, -0.1) is 0 Å². The molecule has 0 amide bonds. The van der Waals surface area contributed by atoms with Gasteiger partial charge >= 0.3 is 0 Å². The summed E-state index contributed by atoms with van der Waals surface area (Å²) < 4.78 is 2.26. The fourth-order valence-corrected chi connectivity index (χ4v) is 4.07. The summed E-state index contributed by atoms with van der Waals surface area (Å²) in [6.45, 7) is 0. The monoisotopic (exact) mass is 345 g/mol. The van der Waals surface area contributed by atoms with E-state index >= 15 is 0 Å². The fraction of sp³-hybridized carbons (Fsp3) is 0. The molecule has 0 fully saturated rings. The lowest BCUT2D eigenvalue weighted by molar-refractivity contribution is 1.30. The predicted octanol–water partition coefficient (Wildman–Crippen LogP) is 5.86. The van der Waals surface area contributed by atoms with Crippen molar-refractivity contribution in [2.24, 2.45) is 0 Å². The maximum atomic E-state index is 4.92. The van der Waals surface area contributed by atoms with Crippen LogP contribution in [0.5, 0.6) is 0 Å². The number of hydrogen-bond acceptors (Lipinski definition) is 2. The van der Waals surface area contributed by atoms with Crippen LogP contribution in [0, 0.1) is 0 Å². The van der Waals surface area contributed by atoms with E-state index in [2.05, 4.69) is 71.1 Å². The average Bonchev–Trinajstić information content (AvgIpc) is 3.14.